The average Bonchev–Trinajstić information content (AvgIpc) is 2.55. The van der Waals surface area contributed by atoms with Gasteiger partial charge in [0.1, 0.15) is 6.61 Å². The van der Waals surface area contributed by atoms with Crippen molar-refractivity contribution in [2.45, 2.75) is 32.9 Å². The third kappa shape index (κ3) is 5.12. The molecule has 0 aromatic heterocycles. The third-order valence-corrected chi connectivity index (χ3v) is 3.69. The first kappa shape index (κ1) is 17.5. The molecule has 0 aliphatic rings. The van der Waals surface area contributed by atoms with Gasteiger partial charge in [-0.05, 0) is 30.5 Å². The Morgan fingerprint density at radius 2 is 1.83 bits per heavy atom. The average molecular weight is 327 g/mol. The van der Waals surface area contributed by atoms with Crippen LogP contribution in [0.25, 0.3) is 0 Å². The molecule has 0 radical (unpaired) electrons. The van der Waals surface area contributed by atoms with Crippen molar-refractivity contribution in [1.29, 1.82) is 0 Å². The van der Waals surface area contributed by atoms with Gasteiger partial charge in [-0.1, -0.05) is 54.1 Å². The zero-order chi connectivity index (χ0) is 17.5. The van der Waals surface area contributed by atoms with Crippen LogP contribution in [0.2, 0.25) is 0 Å². The molecule has 0 spiro atoms. The third-order valence-electron chi connectivity index (χ3n) is 3.69. The van der Waals surface area contributed by atoms with Crippen molar-refractivity contribution >= 4 is 12.1 Å². The van der Waals surface area contributed by atoms with E-state index in [1.54, 1.807) is 0 Å². The van der Waals surface area contributed by atoms with E-state index in [9.17, 15) is 9.59 Å². The zero-order valence-electron chi connectivity index (χ0n) is 13.8. The molecule has 5 nitrogen and oxygen atoms in total. The molecule has 2 rings (SSSR count). The lowest BCUT2D eigenvalue weighted by molar-refractivity contribution is -0.137. The van der Waals surface area contributed by atoms with Crippen LogP contribution in [0.1, 0.15) is 34.7 Å². The van der Waals surface area contributed by atoms with Gasteiger partial charge in [0.15, 0.2) is 0 Å². The number of rotatable bonds is 6. The Morgan fingerprint density at radius 3 is 2.50 bits per heavy atom. The van der Waals surface area contributed by atoms with Crippen molar-refractivity contribution in [2.75, 3.05) is 0 Å². The van der Waals surface area contributed by atoms with Crippen LogP contribution in [0, 0.1) is 13.8 Å². The summed E-state index contributed by atoms with van der Waals surface area (Å²) in [6.45, 7) is 3.95. The van der Waals surface area contributed by atoms with Crippen LogP contribution in [0.4, 0.5) is 4.79 Å². The van der Waals surface area contributed by atoms with Crippen LogP contribution >= 0.6 is 0 Å². The molecule has 0 unspecified atom stereocenters. The molecule has 0 saturated heterocycles. The van der Waals surface area contributed by atoms with Crippen LogP contribution in [-0.2, 0) is 16.1 Å². The molecule has 0 bridgehead atoms. The number of aryl methyl sites for hydroxylation is 2. The first-order chi connectivity index (χ1) is 11.5. The minimum Gasteiger partial charge on any atom is -0.481 e. The maximum Gasteiger partial charge on any atom is 0.407 e. The molecule has 0 aliphatic carbocycles. The molecule has 0 saturated carbocycles. The predicted octanol–water partition coefficient (Wildman–Crippen LogP) is 3.75. The molecule has 0 fully saturated rings. The van der Waals surface area contributed by atoms with E-state index in [0.717, 1.165) is 22.3 Å². The Bertz CT molecular complexity index is 713. The van der Waals surface area contributed by atoms with E-state index >= 15 is 0 Å². The van der Waals surface area contributed by atoms with Gasteiger partial charge < -0.3 is 15.2 Å². The molecule has 0 aliphatic heterocycles. The largest absolute Gasteiger partial charge is 0.481 e. The highest BCUT2D eigenvalue weighted by molar-refractivity contribution is 5.72. The fourth-order valence-electron chi connectivity index (χ4n) is 2.46. The van der Waals surface area contributed by atoms with Crippen molar-refractivity contribution in [1.82, 2.24) is 5.32 Å². The molecule has 1 atom stereocenters. The summed E-state index contributed by atoms with van der Waals surface area (Å²) < 4.78 is 5.19. The number of benzene rings is 2. The molecule has 24 heavy (non-hydrogen) atoms. The number of carbonyl (C=O) groups is 2. The van der Waals surface area contributed by atoms with Crippen LogP contribution in [-0.4, -0.2) is 17.2 Å². The van der Waals surface area contributed by atoms with E-state index in [4.69, 9.17) is 9.84 Å². The van der Waals surface area contributed by atoms with Crippen LogP contribution < -0.4 is 5.32 Å². The summed E-state index contributed by atoms with van der Waals surface area (Å²) in [7, 11) is 0. The van der Waals surface area contributed by atoms with Gasteiger partial charge in [-0.3, -0.25) is 4.79 Å². The number of carboxylic acid groups (broad SMARTS) is 1. The number of amides is 1. The monoisotopic (exact) mass is 327 g/mol. The van der Waals surface area contributed by atoms with Gasteiger partial charge in [-0.2, -0.15) is 0 Å². The Balaban J connectivity index is 2.06. The molecule has 5 heteroatoms. The summed E-state index contributed by atoms with van der Waals surface area (Å²) in [6, 6.07) is 14.4. The van der Waals surface area contributed by atoms with Gasteiger partial charge in [0, 0.05) is 0 Å². The summed E-state index contributed by atoms with van der Waals surface area (Å²) in [4.78, 5) is 23.2. The highest BCUT2D eigenvalue weighted by atomic mass is 16.5. The van der Waals surface area contributed by atoms with Crippen molar-refractivity contribution in [2.24, 2.45) is 0 Å². The highest BCUT2D eigenvalue weighted by Gasteiger charge is 2.20. The molecule has 0 heterocycles. The number of nitrogens with one attached hydrogen (secondary N) is 1. The molecule has 1 amide bonds. The number of carbonyl (C=O) groups excluding carboxylic acids is 1. The molecule has 2 N–H and O–H groups in total. The fraction of sp³-hybridized carbons (Fsp3) is 0.263. The standard InChI is InChI=1S/C19H21NO4/c1-13-8-9-14(2)16(10-13)17(11-18(21)22)20-19(23)24-12-15-6-4-3-5-7-15/h3-10,17H,11-12H2,1-2H3,(H,20,23)(H,21,22)/t17-/m1/s1. The number of alkyl carbamates (subject to hydrolysis) is 1. The van der Waals surface area contributed by atoms with Gasteiger partial charge in [-0.15, -0.1) is 0 Å². The fourth-order valence-corrected chi connectivity index (χ4v) is 2.46. The Morgan fingerprint density at radius 1 is 1.12 bits per heavy atom. The Kier molecular flexibility index (Phi) is 5.95. The lowest BCUT2D eigenvalue weighted by Crippen LogP contribution is -2.31. The lowest BCUT2D eigenvalue weighted by Gasteiger charge is -2.20. The summed E-state index contributed by atoms with van der Waals surface area (Å²) >= 11 is 0. The van der Waals surface area contributed by atoms with E-state index in [0.29, 0.717) is 0 Å². The highest BCUT2D eigenvalue weighted by Crippen LogP contribution is 2.22. The van der Waals surface area contributed by atoms with Crippen molar-refractivity contribution in [3.05, 3.63) is 70.8 Å². The summed E-state index contributed by atoms with van der Waals surface area (Å²) in [5, 5.41) is 11.8. The minimum atomic E-state index is -0.982. The topological polar surface area (TPSA) is 75.6 Å². The normalized spacial score (nSPS) is 11.6. The number of carboxylic acids is 1. The smallest absolute Gasteiger partial charge is 0.407 e. The lowest BCUT2D eigenvalue weighted by atomic mass is 9.97. The van der Waals surface area contributed by atoms with Crippen LogP contribution in [0.3, 0.4) is 0 Å². The van der Waals surface area contributed by atoms with Crippen molar-refractivity contribution in [3.63, 3.8) is 0 Å². The molecule has 2 aromatic rings. The quantitative estimate of drug-likeness (QED) is 0.847. The summed E-state index contributed by atoms with van der Waals surface area (Å²) in [5.74, 6) is -0.982. The van der Waals surface area contributed by atoms with Crippen molar-refractivity contribution in [3.8, 4) is 0 Å². The number of ether oxygens (including phenoxy) is 1. The maximum atomic E-state index is 12.1. The number of aliphatic carboxylic acids is 1. The van der Waals surface area contributed by atoms with E-state index in [1.165, 1.54) is 0 Å². The van der Waals surface area contributed by atoms with E-state index in [2.05, 4.69) is 5.32 Å². The second-order valence-corrected chi connectivity index (χ2v) is 5.72. The van der Waals surface area contributed by atoms with Crippen LogP contribution in [0.15, 0.2) is 48.5 Å². The summed E-state index contributed by atoms with van der Waals surface area (Å²) in [6.07, 6.45) is -0.837. The second-order valence-electron chi connectivity index (χ2n) is 5.72. The maximum absolute atomic E-state index is 12.1. The van der Waals surface area contributed by atoms with E-state index in [1.807, 2.05) is 62.4 Å². The predicted molar refractivity (Wildman–Crippen MR) is 90.7 cm³/mol. The second kappa shape index (κ2) is 8.15. The molecular formula is C19H21NO4. The summed E-state index contributed by atoms with van der Waals surface area (Å²) in [5.41, 5.74) is 3.59. The van der Waals surface area contributed by atoms with Crippen LogP contribution in [0.5, 0.6) is 0 Å². The first-order valence-electron chi connectivity index (χ1n) is 7.72. The Labute approximate surface area is 141 Å². The number of hydrogen-bond acceptors (Lipinski definition) is 3. The van der Waals surface area contributed by atoms with Gasteiger partial charge >= 0.3 is 12.1 Å². The number of hydrogen-bond donors (Lipinski definition) is 2. The first-order valence-corrected chi connectivity index (χ1v) is 7.72. The minimum absolute atomic E-state index is 0.138. The molecule has 126 valence electrons. The van der Waals surface area contributed by atoms with Gasteiger partial charge in [0.2, 0.25) is 0 Å². The SMILES string of the molecule is Cc1ccc(C)c([C@@H](CC(=O)O)NC(=O)OCc2ccccc2)c1. The molecular weight excluding hydrogens is 306 g/mol. The van der Waals surface area contributed by atoms with E-state index in [-0.39, 0.29) is 13.0 Å². The molecule has 2 aromatic carbocycles. The van der Waals surface area contributed by atoms with Gasteiger partial charge in [0.05, 0.1) is 12.5 Å². The van der Waals surface area contributed by atoms with Crippen molar-refractivity contribution < 1.29 is 19.4 Å². The zero-order valence-corrected chi connectivity index (χ0v) is 13.8. The van der Waals surface area contributed by atoms with E-state index < -0.39 is 18.1 Å². The van der Waals surface area contributed by atoms with Gasteiger partial charge in [0.25, 0.3) is 0 Å². The van der Waals surface area contributed by atoms with Gasteiger partial charge in [-0.25, -0.2) is 4.79 Å². The Hall–Kier alpha value is -2.82.